The number of nitrogens with zero attached hydrogens (tertiary/aromatic N) is 5. The largest absolute Gasteiger partial charge is 0.435 e. The molecule has 1 aromatic carbocycles. The quantitative estimate of drug-likeness (QED) is 0.150. The van der Waals surface area contributed by atoms with E-state index < -0.39 is 29.2 Å². The zero-order chi connectivity index (χ0) is 28.6. The Hall–Kier alpha value is -2.98. The fourth-order valence-corrected chi connectivity index (χ4v) is 6.25. The molecule has 0 spiro atoms. The predicted octanol–water partition coefficient (Wildman–Crippen LogP) is 5.44. The van der Waals surface area contributed by atoms with Crippen molar-refractivity contribution in [2.75, 3.05) is 13.1 Å². The number of benzene rings is 1. The van der Waals surface area contributed by atoms with Gasteiger partial charge in [-0.1, -0.05) is 6.07 Å². The van der Waals surface area contributed by atoms with Crippen molar-refractivity contribution < 1.29 is 22.3 Å². The number of alkyl halides is 3. The van der Waals surface area contributed by atoms with Gasteiger partial charge in [-0.2, -0.15) is 18.3 Å². The van der Waals surface area contributed by atoms with Crippen LogP contribution in [0, 0.1) is 24.0 Å². The number of rotatable bonds is 6. The van der Waals surface area contributed by atoms with Gasteiger partial charge in [-0.05, 0) is 56.8 Å². The molecule has 0 amide bonds. The topological polar surface area (TPSA) is 110 Å². The van der Waals surface area contributed by atoms with E-state index >= 15 is 0 Å². The van der Waals surface area contributed by atoms with Crippen molar-refractivity contribution in [1.29, 1.82) is 0 Å². The minimum Gasteiger partial charge on any atom is -0.376 e. The Labute approximate surface area is 238 Å². The first-order valence-corrected chi connectivity index (χ1v) is 13.9. The number of hydrogen-bond donors (Lipinski definition) is 3. The van der Waals surface area contributed by atoms with Crippen molar-refractivity contribution >= 4 is 36.1 Å². The standard InChI is InChI=1S/C25H28F3N7O3S2/c1-14-3-4-19(35(36)37)21-17(14)12-29-22(31-23(21)38-39)18-13-40-24(30-18)16-5-7-33(8-6-16)9-10-34-15(2)11-20(32-34)25(26,27)28/h3-4,9-11,13,16,22-23,29,31,39H,5-8,12H2,1-2H3. The maximum Gasteiger partial charge on any atom is 0.435 e. The van der Waals surface area contributed by atoms with Crippen LogP contribution in [0.2, 0.25) is 0 Å². The lowest BCUT2D eigenvalue weighted by atomic mass is 9.98. The highest BCUT2D eigenvalue weighted by atomic mass is 32.1. The number of nitro groups is 1. The van der Waals surface area contributed by atoms with E-state index in [-0.39, 0.29) is 11.6 Å². The number of likely N-dealkylation sites (tertiary alicyclic amines) is 1. The molecule has 0 aliphatic carbocycles. The van der Waals surface area contributed by atoms with Crippen molar-refractivity contribution in [2.24, 2.45) is 0 Å². The number of piperidine rings is 1. The molecule has 0 saturated carbocycles. The zero-order valence-corrected chi connectivity index (χ0v) is 23.4. The normalized spacial score (nSPS) is 20.6. The third-order valence-electron chi connectivity index (χ3n) is 7.28. The maximum atomic E-state index is 12.9. The number of fused-ring (bicyclic) bond motifs is 1. The monoisotopic (exact) mass is 595 g/mol. The number of aryl methyl sites for hydroxylation is 2. The predicted molar refractivity (Wildman–Crippen MR) is 146 cm³/mol. The first-order chi connectivity index (χ1) is 19.0. The van der Waals surface area contributed by atoms with E-state index in [4.69, 9.17) is 9.17 Å². The first-order valence-electron chi connectivity index (χ1n) is 12.6. The van der Waals surface area contributed by atoms with Gasteiger partial charge in [-0.15, -0.1) is 11.3 Å². The second-order valence-electron chi connectivity index (χ2n) is 9.85. The van der Waals surface area contributed by atoms with Gasteiger partial charge in [-0.3, -0.25) is 24.9 Å². The van der Waals surface area contributed by atoms with Gasteiger partial charge in [-0.25, -0.2) is 9.67 Å². The van der Waals surface area contributed by atoms with Gasteiger partial charge in [0.15, 0.2) is 11.9 Å². The van der Waals surface area contributed by atoms with E-state index in [1.165, 1.54) is 10.7 Å². The summed E-state index contributed by atoms with van der Waals surface area (Å²) in [5.74, 6) is 0.245. The van der Waals surface area contributed by atoms with Crippen LogP contribution >= 0.6 is 24.2 Å². The third kappa shape index (κ3) is 5.88. The second-order valence-corrected chi connectivity index (χ2v) is 10.9. The van der Waals surface area contributed by atoms with Crippen LogP contribution in [0.15, 0.2) is 29.8 Å². The van der Waals surface area contributed by atoms with E-state index in [2.05, 4.69) is 33.5 Å². The summed E-state index contributed by atoms with van der Waals surface area (Å²) in [6, 6.07) is 4.24. The molecule has 2 N–H and O–H groups in total. The van der Waals surface area contributed by atoms with Gasteiger partial charge in [0.1, 0.15) is 6.17 Å². The molecule has 1 saturated heterocycles. The van der Waals surface area contributed by atoms with Crippen LogP contribution in [0.4, 0.5) is 18.9 Å². The van der Waals surface area contributed by atoms with Gasteiger partial charge in [0.25, 0.3) is 5.69 Å². The summed E-state index contributed by atoms with van der Waals surface area (Å²) in [6.07, 6.45) is -0.681. The van der Waals surface area contributed by atoms with Crippen molar-refractivity contribution in [3.63, 3.8) is 0 Å². The highest BCUT2D eigenvalue weighted by molar-refractivity contribution is 7.75. The molecule has 3 aromatic rings. The van der Waals surface area contributed by atoms with E-state index in [1.807, 2.05) is 12.3 Å². The molecule has 40 heavy (non-hydrogen) atoms. The Morgan fingerprint density at radius 2 is 2.00 bits per heavy atom. The van der Waals surface area contributed by atoms with E-state index in [9.17, 15) is 23.3 Å². The highest BCUT2D eigenvalue weighted by Gasteiger charge is 2.35. The van der Waals surface area contributed by atoms with Gasteiger partial charge in [0.2, 0.25) is 0 Å². The number of nitrogens with one attached hydrogen (secondary N) is 2. The van der Waals surface area contributed by atoms with Crippen LogP contribution in [0.5, 0.6) is 0 Å². The second kappa shape index (κ2) is 11.5. The maximum absolute atomic E-state index is 12.9. The van der Waals surface area contributed by atoms with E-state index in [1.54, 1.807) is 36.7 Å². The minimum absolute atomic E-state index is 0.0297. The number of aromatic nitrogens is 3. The van der Waals surface area contributed by atoms with Crippen molar-refractivity contribution in [3.8, 4) is 0 Å². The summed E-state index contributed by atoms with van der Waals surface area (Å²) in [4.78, 5) is 18.2. The number of nitro benzene ring substituents is 1. The Kier molecular flexibility index (Phi) is 8.20. The molecule has 2 atom stereocenters. The summed E-state index contributed by atoms with van der Waals surface area (Å²) in [5.41, 5.74) is 2.39. The highest BCUT2D eigenvalue weighted by Crippen LogP contribution is 2.37. The van der Waals surface area contributed by atoms with Gasteiger partial charge < -0.3 is 4.90 Å². The number of halogens is 3. The van der Waals surface area contributed by atoms with Crippen LogP contribution in [-0.4, -0.2) is 37.7 Å². The number of hydrogen-bond acceptors (Lipinski definition) is 10. The zero-order valence-electron chi connectivity index (χ0n) is 21.7. The molecule has 2 unspecified atom stereocenters. The molecule has 0 radical (unpaired) electrons. The lowest BCUT2D eigenvalue weighted by molar-refractivity contribution is -0.386. The van der Waals surface area contributed by atoms with Gasteiger partial charge >= 0.3 is 6.18 Å². The molecule has 1 fully saturated rings. The summed E-state index contributed by atoms with van der Waals surface area (Å²) >= 11 is 5.56. The number of thiazole rings is 1. The number of thiol groups is 1. The fraction of sp³-hybridized carbons (Fsp3) is 0.440. The third-order valence-corrected chi connectivity index (χ3v) is 8.52. The van der Waals surface area contributed by atoms with E-state index in [0.29, 0.717) is 17.8 Å². The molecule has 5 rings (SSSR count). The summed E-state index contributed by atoms with van der Waals surface area (Å²) in [7, 11) is 0. The fourth-order valence-electron chi connectivity index (χ4n) is 5.07. The smallest absolute Gasteiger partial charge is 0.376 e. The minimum atomic E-state index is -4.47. The van der Waals surface area contributed by atoms with Gasteiger partial charge in [0.05, 0.1) is 21.2 Å². The van der Waals surface area contributed by atoms with Crippen LogP contribution in [0.25, 0.3) is 6.20 Å². The van der Waals surface area contributed by atoms with Crippen LogP contribution in [0.1, 0.15) is 69.9 Å². The lowest BCUT2D eigenvalue weighted by Crippen LogP contribution is -2.34. The Bertz CT molecular complexity index is 1420. The molecule has 2 aliphatic rings. The molecule has 15 heteroatoms. The first kappa shape index (κ1) is 28.5. The molecule has 2 aliphatic heterocycles. The lowest BCUT2D eigenvalue weighted by Gasteiger charge is -2.30. The Balaban J connectivity index is 1.23. The summed E-state index contributed by atoms with van der Waals surface area (Å²) in [5, 5.41) is 25.0. The van der Waals surface area contributed by atoms with Crippen LogP contribution < -0.4 is 10.6 Å². The summed E-state index contributed by atoms with van der Waals surface area (Å²) in [6.45, 7) is 5.35. The average Bonchev–Trinajstić information content (AvgIpc) is 3.50. The summed E-state index contributed by atoms with van der Waals surface area (Å²) < 4.78 is 45.4. The molecule has 10 nitrogen and oxygen atoms in total. The SMILES string of the molecule is Cc1ccc([N+](=O)[O-])c2c1CNC(c1csc(C3CCN(C=Cn4nc(C(F)(F)F)cc4C)CC3)n1)NC2OS. The molecule has 0 bridgehead atoms. The Morgan fingerprint density at radius 3 is 2.65 bits per heavy atom. The van der Waals surface area contributed by atoms with E-state index in [0.717, 1.165) is 53.8 Å². The van der Waals surface area contributed by atoms with Crippen molar-refractivity contribution in [2.45, 2.75) is 57.7 Å². The Morgan fingerprint density at radius 1 is 1.25 bits per heavy atom. The van der Waals surface area contributed by atoms with Gasteiger partial charge in [0, 0.05) is 55.1 Å². The van der Waals surface area contributed by atoms with Crippen molar-refractivity contribution in [3.05, 3.63) is 78.7 Å². The molecular weight excluding hydrogens is 567 g/mol. The molecular formula is C25H28F3N7O3S2. The molecule has 214 valence electrons. The van der Waals surface area contributed by atoms with Crippen LogP contribution in [0.3, 0.4) is 0 Å². The van der Waals surface area contributed by atoms with Crippen molar-refractivity contribution in [1.82, 2.24) is 30.3 Å². The average molecular weight is 596 g/mol. The molecule has 4 heterocycles. The molecule has 2 aromatic heterocycles. The van der Waals surface area contributed by atoms with Crippen LogP contribution in [-0.2, 0) is 16.9 Å².